The molecule has 1 aromatic carbocycles. The molecule has 0 fully saturated rings. The second-order valence-electron chi connectivity index (χ2n) is 3.84. The van der Waals surface area contributed by atoms with Gasteiger partial charge in [-0.1, -0.05) is 17.7 Å². The minimum absolute atomic E-state index is 0.547. The number of aryl methyl sites for hydroxylation is 2. The summed E-state index contributed by atoms with van der Waals surface area (Å²) in [5.74, 6) is 1.88. The molecule has 0 amide bonds. The molecule has 4 heteroatoms. The molecule has 0 saturated heterocycles. The number of anilines is 1. The maximum Gasteiger partial charge on any atom is 0.225 e. The van der Waals surface area contributed by atoms with Gasteiger partial charge in [0.15, 0.2) is 0 Å². The summed E-state index contributed by atoms with van der Waals surface area (Å²) in [6.07, 6.45) is 0. The number of nitrogens with one attached hydrogen (secondary N) is 1. The smallest absolute Gasteiger partial charge is 0.225 e. The van der Waals surface area contributed by atoms with Crippen molar-refractivity contribution in [3.05, 3.63) is 41.6 Å². The molecule has 0 aliphatic carbocycles. The van der Waals surface area contributed by atoms with E-state index in [-0.39, 0.29) is 0 Å². The molecule has 0 aliphatic heterocycles. The lowest BCUT2D eigenvalue weighted by Gasteiger charge is -2.07. The number of aromatic nitrogens is 2. The highest BCUT2D eigenvalue weighted by molar-refractivity contribution is 5.34. The van der Waals surface area contributed by atoms with Crippen molar-refractivity contribution in [3.63, 3.8) is 0 Å². The molecule has 0 bridgehead atoms. The van der Waals surface area contributed by atoms with Crippen LogP contribution < -0.4 is 10.1 Å². The van der Waals surface area contributed by atoms with E-state index in [0.29, 0.717) is 11.8 Å². The van der Waals surface area contributed by atoms with Crippen LogP contribution in [0.1, 0.15) is 11.3 Å². The third-order valence-corrected chi connectivity index (χ3v) is 2.30. The van der Waals surface area contributed by atoms with Crippen LogP contribution in [0.3, 0.4) is 0 Å². The molecule has 2 aromatic rings. The van der Waals surface area contributed by atoms with Gasteiger partial charge in [-0.25, -0.2) is 4.98 Å². The summed E-state index contributed by atoms with van der Waals surface area (Å²) < 4.78 is 5.67. The third kappa shape index (κ3) is 2.93. The molecule has 1 heterocycles. The second kappa shape index (κ2) is 4.82. The number of rotatable bonds is 3. The van der Waals surface area contributed by atoms with Gasteiger partial charge in [-0.3, -0.25) is 0 Å². The van der Waals surface area contributed by atoms with Crippen LogP contribution in [0.25, 0.3) is 0 Å². The molecule has 2 rings (SSSR count). The fourth-order valence-electron chi connectivity index (χ4n) is 1.43. The van der Waals surface area contributed by atoms with Crippen molar-refractivity contribution >= 4 is 5.95 Å². The predicted octanol–water partition coefficient (Wildman–Crippen LogP) is 2.93. The lowest BCUT2D eigenvalue weighted by molar-refractivity contribution is 0.461. The van der Waals surface area contributed by atoms with E-state index < -0.39 is 0 Å². The quantitative estimate of drug-likeness (QED) is 0.879. The van der Waals surface area contributed by atoms with E-state index in [1.54, 1.807) is 13.1 Å². The third-order valence-electron chi connectivity index (χ3n) is 2.30. The van der Waals surface area contributed by atoms with Gasteiger partial charge in [0.2, 0.25) is 11.8 Å². The molecule has 0 unspecified atom stereocenters. The van der Waals surface area contributed by atoms with Crippen LogP contribution in [-0.2, 0) is 0 Å². The van der Waals surface area contributed by atoms with E-state index in [1.807, 2.05) is 38.1 Å². The molecule has 0 radical (unpaired) electrons. The van der Waals surface area contributed by atoms with Gasteiger partial charge in [-0.05, 0) is 26.0 Å². The van der Waals surface area contributed by atoms with Gasteiger partial charge in [0, 0.05) is 18.8 Å². The summed E-state index contributed by atoms with van der Waals surface area (Å²) >= 11 is 0. The standard InChI is InChI=1S/C13H15N3O/c1-9-4-6-11(7-5-9)17-12-8-10(2)15-13(14-3)16-12/h4-8H,1-3H3,(H,14,15,16). The van der Waals surface area contributed by atoms with Crippen LogP contribution in [-0.4, -0.2) is 17.0 Å². The first kappa shape index (κ1) is 11.4. The Morgan fingerprint density at radius 2 is 1.76 bits per heavy atom. The maximum absolute atomic E-state index is 5.67. The van der Waals surface area contributed by atoms with E-state index in [0.717, 1.165) is 11.4 Å². The van der Waals surface area contributed by atoms with Crippen LogP contribution in [0.5, 0.6) is 11.6 Å². The van der Waals surface area contributed by atoms with Crippen LogP contribution in [0, 0.1) is 13.8 Å². The number of nitrogens with zero attached hydrogens (tertiary/aromatic N) is 2. The number of ether oxygens (including phenoxy) is 1. The van der Waals surface area contributed by atoms with Gasteiger partial charge in [0.05, 0.1) is 0 Å². The Bertz CT molecular complexity index is 509. The highest BCUT2D eigenvalue weighted by Gasteiger charge is 2.03. The van der Waals surface area contributed by atoms with E-state index in [4.69, 9.17) is 4.74 Å². The molecular weight excluding hydrogens is 214 g/mol. The zero-order valence-electron chi connectivity index (χ0n) is 10.2. The average Bonchev–Trinajstić information content (AvgIpc) is 2.31. The zero-order chi connectivity index (χ0) is 12.3. The van der Waals surface area contributed by atoms with Gasteiger partial charge in [0.25, 0.3) is 0 Å². The molecule has 0 aliphatic rings. The average molecular weight is 229 g/mol. The van der Waals surface area contributed by atoms with E-state index in [9.17, 15) is 0 Å². The molecule has 0 saturated carbocycles. The summed E-state index contributed by atoms with van der Waals surface area (Å²) in [5.41, 5.74) is 2.07. The molecule has 17 heavy (non-hydrogen) atoms. The summed E-state index contributed by atoms with van der Waals surface area (Å²) in [7, 11) is 1.78. The van der Waals surface area contributed by atoms with Crippen molar-refractivity contribution in [1.29, 1.82) is 0 Å². The van der Waals surface area contributed by atoms with Gasteiger partial charge in [0.1, 0.15) is 5.75 Å². The van der Waals surface area contributed by atoms with Crippen molar-refractivity contribution < 1.29 is 4.74 Å². The highest BCUT2D eigenvalue weighted by Crippen LogP contribution is 2.21. The summed E-state index contributed by atoms with van der Waals surface area (Å²) in [6, 6.07) is 9.66. The van der Waals surface area contributed by atoms with Crippen LogP contribution in [0.4, 0.5) is 5.95 Å². The Morgan fingerprint density at radius 1 is 1.06 bits per heavy atom. The molecular formula is C13H15N3O. The fraction of sp³-hybridized carbons (Fsp3) is 0.231. The Hall–Kier alpha value is -2.10. The van der Waals surface area contributed by atoms with Gasteiger partial charge in [-0.15, -0.1) is 0 Å². The van der Waals surface area contributed by atoms with Gasteiger partial charge in [-0.2, -0.15) is 4.98 Å². The minimum atomic E-state index is 0.547. The Balaban J connectivity index is 2.23. The fourth-order valence-corrected chi connectivity index (χ4v) is 1.43. The molecule has 0 spiro atoms. The molecule has 1 N–H and O–H groups in total. The lowest BCUT2D eigenvalue weighted by atomic mass is 10.2. The van der Waals surface area contributed by atoms with Crippen LogP contribution in [0.2, 0.25) is 0 Å². The van der Waals surface area contributed by atoms with Crippen LogP contribution in [0.15, 0.2) is 30.3 Å². The summed E-state index contributed by atoms with van der Waals surface area (Å²) in [4.78, 5) is 8.43. The van der Waals surface area contributed by atoms with Crippen LogP contribution >= 0.6 is 0 Å². The molecule has 4 nitrogen and oxygen atoms in total. The first-order chi connectivity index (χ1) is 8.17. The largest absolute Gasteiger partial charge is 0.439 e. The SMILES string of the molecule is CNc1nc(C)cc(Oc2ccc(C)cc2)n1. The second-order valence-corrected chi connectivity index (χ2v) is 3.84. The summed E-state index contributed by atoms with van der Waals surface area (Å²) in [6.45, 7) is 3.95. The topological polar surface area (TPSA) is 47.0 Å². The highest BCUT2D eigenvalue weighted by atomic mass is 16.5. The number of hydrogen-bond donors (Lipinski definition) is 1. The monoisotopic (exact) mass is 229 g/mol. The number of benzene rings is 1. The summed E-state index contributed by atoms with van der Waals surface area (Å²) in [5, 5.41) is 2.90. The first-order valence-corrected chi connectivity index (χ1v) is 5.45. The number of hydrogen-bond acceptors (Lipinski definition) is 4. The predicted molar refractivity (Wildman–Crippen MR) is 67.6 cm³/mol. The van der Waals surface area contributed by atoms with Crippen molar-refractivity contribution in [2.75, 3.05) is 12.4 Å². The van der Waals surface area contributed by atoms with Crippen molar-refractivity contribution in [2.24, 2.45) is 0 Å². The van der Waals surface area contributed by atoms with Crippen molar-refractivity contribution in [2.45, 2.75) is 13.8 Å². The van der Waals surface area contributed by atoms with E-state index in [2.05, 4.69) is 15.3 Å². The van der Waals surface area contributed by atoms with Crippen molar-refractivity contribution in [3.8, 4) is 11.6 Å². The minimum Gasteiger partial charge on any atom is -0.439 e. The Kier molecular flexibility index (Phi) is 3.23. The first-order valence-electron chi connectivity index (χ1n) is 5.45. The zero-order valence-corrected chi connectivity index (χ0v) is 10.2. The Morgan fingerprint density at radius 3 is 2.41 bits per heavy atom. The normalized spacial score (nSPS) is 10.1. The molecule has 0 atom stereocenters. The van der Waals surface area contributed by atoms with E-state index >= 15 is 0 Å². The molecule has 88 valence electrons. The van der Waals surface area contributed by atoms with Crippen molar-refractivity contribution in [1.82, 2.24) is 9.97 Å². The lowest BCUT2D eigenvalue weighted by Crippen LogP contribution is -1.99. The Labute approximate surface area is 101 Å². The van der Waals surface area contributed by atoms with Gasteiger partial charge < -0.3 is 10.1 Å². The van der Waals surface area contributed by atoms with E-state index in [1.165, 1.54) is 5.56 Å². The van der Waals surface area contributed by atoms with Gasteiger partial charge >= 0.3 is 0 Å². The molecule has 1 aromatic heterocycles. The maximum atomic E-state index is 5.67.